The summed E-state index contributed by atoms with van der Waals surface area (Å²) in [7, 11) is 0. The molecule has 3 nitrogen and oxygen atoms in total. The van der Waals surface area contributed by atoms with Crippen LogP contribution in [0, 0.1) is 11.3 Å². The molecule has 2 heterocycles. The maximum Gasteiger partial charge on any atom is 0.187 e. The van der Waals surface area contributed by atoms with Crippen molar-refractivity contribution >= 4 is 0 Å². The molecule has 94 valence electrons. The Morgan fingerprint density at radius 2 is 1.81 bits per heavy atom. The first-order valence-corrected chi connectivity index (χ1v) is 6.28. The van der Waals surface area contributed by atoms with Crippen LogP contribution in [0.25, 0.3) is 0 Å². The average Bonchev–Trinajstić information content (AvgIpc) is 2.62. The highest BCUT2D eigenvalue weighted by Crippen LogP contribution is 2.46. The highest BCUT2D eigenvalue weighted by molar-refractivity contribution is 4.96. The number of fused-ring (bicyclic) bond motifs is 1. The third kappa shape index (κ3) is 1.89. The van der Waals surface area contributed by atoms with E-state index in [4.69, 9.17) is 14.2 Å². The summed E-state index contributed by atoms with van der Waals surface area (Å²) >= 11 is 0. The van der Waals surface area contributed by atoms with Crippen molar-refractivity contribution in [1.29, 1.82) is 0 Å². The average molecular weight is 228 g/mol. The molecule has 0 bridgehead atoms. The van der Waals surface area contributed by atoms with Gasteiger partial charge in [-0.05, 0) is 25.7 Å². The van der Waals surface area contributed by atoms with Gasteiger partial charge in [0.25, 0.3) is 0 Å². The normalized spacial score (nSPS) is 42.4. The summed E-state index contributed by atoms with van der Waals surface area (Å²) in [4.78, 5) is 0. The second-order valence-electron chi connectivity index (χ2n) is 6.23. The monoisotopic (exact) mass is 228 g/mol. The number of rotatable bonds is 2. The summed E-state index contributed by atoms with van der Waals surface area (Å²) in [5.74, 6) is -0.105. The van der Waals surface area contributed by atoms with Gasteiger partial charge in [-0.25, -0.2) is 0 Å². The van der Waals surface area contributed by atoms with E-state index in [1.54, 1.807) is 0 Å². The molecule has 0 aliphatic carbocycles. The van der Waals surface area contributed by atoms with Gasteiger partial charge in [0.1, 0.15) is 6.10 Å². The minimum atomic E-state index is -0.495. The highest BCUT2D eigenvalue weighted by Gasteiger charge is 2.55. The molecule has 0 spiro atoms. The van der Waals surface area contributed by atoms with E-state index in [1.165, 1.54) is 0 Å². The third-order valence-electron chi connectivity index (χ3n) is 4.05. The first kappa shape index (κ1) is 12.3. The Hall–Kier alpha value is -0.120. The van der Waals surface area contributed by atoms with Gasteiger partial charge in [-0.3, -0.25) is 0 Å². The van der Waals surface area contributed by atoms with Gasteiger partial charge in [0.15, 0.2) is 12.1 Å². The summed E-state index contributed by atoms with van der Waals surface area (Å²) in [6.45, 7) is 12.8. The molecule has 2 saturated heterocycles. The molecule has 0 amide bonds. The van der Waals surface area contributed by atoms with Gasteiger partial charge in [-0.15, -0.1) is 0 Å². The molecule has 0 saturated carbocycles. The van der Waals surface area contributed by atoms with Crippen LogP contribution in [-0.4, -0.2) is 24.3 Å². The van der Waals surface area contributed by atoms with Crippen molar-refractivity contribution in [2.75, 3.05) is 0 Å². The summed E-state index contributed by atoms with van der Waals surface area (Å²) in [5.41, 5.74) is 0.181. The first-order chi connectivity index (χ1) is 7.27. The largest absolute Gasteiger partial charge is 0.346 e. The summed E-state index contributed by atoms with van der Waals surface area (Å²) in [5, 5.41) is 0. The Kier molecular flexibility index (Phi) is 2.84. The van der Waals surface area contributed by atoms with Gasteiger partial charge in [0.05, 0.1) is 6.10 Å². The number of hydrogen-bond acceptors (Lipinski definition) is 3. The maximum absolute atomic E-state index is 6.04. The molecule has 2 fully saturated rings. The van der Waals surface area contributed by atoms with Crippen LogP contribution < -0.4 is 0 Å². The zero-order valence-corrected chi connectivity index (χ0v) is 11.2. The molecule has 2 aliphatic rings. The van der Waals surface area contributed by atoms with E-state index in [9.17, 15) is 0 Å². The van der Waals surface area contributed by atoms with Crippen molar-refractivity contribution in [3.8, 4) is 0 Å². The molecule has 0 aromatic rings. The Bertz CT molecular complexity index is 272. The molecule has 0 aromatic heterocycles. The van der Waals surface area contributed by atoms with E-state index in [0.29, 0.717) is 5.92 Å². The Morgan fingerprint density at radius 3 is 2.31 bits per heavy atom. The van der Waals surface area contributed by atoms with Crippen molar-refractivity contribution in [2.24, 2.45) is 11.3 Å². The van der Waals surface area contributed by atoms with Crippen molar-refractivity contribution in [1.82, 2.24) is 0 Å². The molecule has 0 unspecified atom stereocenters. The number of hydrogen-bond donors (Lipinski definition) is 0. The van der Waals surface area contributed by atoms with Crippen LogP contribution in [0.3, 0.4) is 0 Å². The Labute approximate surface area is 98.4 Å². The van der Waals surface area contributed by atoms with Crippen molar-refractivity contribution in [3.05, 3.63) is 0 Å². The van der Waals surface area contributed by atoms with Gasteiger partial charge in [0, 0.05) is 5.92 Å². The van der Waals surface area contributed by atoms with Crippen LogP contribution >= 0.6 is 0 Å². The second kappa shape index (κ2) is 3.69. The lowest BCUT2D eigenvalue weighted by molar-refractivity contribution is -0.221. The topological polar surface area (TPSA) is 27.7 Å². The molecule has 2 rings (SSSR count). The zero-order valence-electron chi connectivity index (χ0n) is 11.2. The second-order valence-corrected chi connectivity index (χ2v) is 6.23. The fraction of sp³-hybridized carbons (Fsp3) is 1.00. The summed E-state index contributed by atoms with van der Waals surface area (Å²) in [6.07, 6.45) is 1.24. The van der Waals surface area contributed by atoms with Crippen molar-refractivity contribution in [2.45, 2.75) is 72.2 Å². The Morgan fingerprint density at radius 1 is 1.19 bits per heavy atom. The molecule has 3 heteroatoms. The first-order valence-electron chi connectivity index (χ1n) is 6.28. The van der Waals surface area contributed by atoms with Gasteiger partial charge < -0.3 is 14.2 Å². The minimum absolute atomic E-state index is 0.0887. The van der Waals surface area contributed by atoms with Crippen LogP contribution in [0.5, 0.6) is 0 Å². The highest BCUT2D eigenvalue weighted by atomic mass is 16.8. The van der Waals surface area contributed by atoms with Crippen LogP contribution in [-0.2, 0) is 14.2 Å². The molecule has 16 heavy (non-hydrogen) atoms. The fourth-order valence-electron chi connectivity index (χ4n) is 2.76. The standard InChI is InChI=1S/C13H24O3/c1-7-12(3,4)10-8(2)9-11(14-10)16-13(5,6)15-9/h8-11H,7H2,1-6H3/t8-,9+,10-,11+/m0/s1. The van der Waals surface area contributed by atoms with Crippen LogP contribution in [0.1, 0.15) is 48.0 Å². The molecule has 0 radical (unpaired) electrons. The lowest BCUT2D eigenvalue weighted by Crippen LogP contribution is -2.37. The number of ether oxygens (including phenoxy) is 3. The summed E-state index contributed by atoms with van der Waals surface area (Å²) in [6, 6.07) is 0. The lowest BCUT2D eigenvalue weighted by Gasteiger charge is -2.34. The van der Waals surface area contributed by atoms with Gasteiger partial charge in [-0.1, -0.05) is 27.7 Å². The van der Waals surface area contributed by atoms with Gasteiger partial charge >= 0.3 is 0 Å². The maximum atomic E-state index is 6.04. The predicted molar refractivity (Wildman–Crippen MR) is 61.9 cm³/mol. The molecular formula is C13H24O3. The van der Waals surface area contributed by atoms with Crippen LogP contribution in [0.4, 0.5) is 0 Å². The molecule has 0 N–H and O–H groups in total. The predicted octanol–water partition coefficient (Wildman–Crippen LogP) is 2.94. The van der Waals surface area contributed by atoms with E-state index in [2.05, 4.69) is 27.7 Å². The van der Waals surface area contributed by atoms with E-state index in [-0.39, 0.29) is 23.9 Å². The Balaban J connectivity index is 2.11. The van der Waals surface area contributed by atoms with Crippen LogP contribution in [0.2, 0.25) is 0 Å². The zero-order chi connectivity index (χ0) is 12.1. The molecule has 0 aromatic carbocycles. The molecular weight excluding hydrogens is 204 g/mol. The van der Waals surface area contributed by atoms with Crippen molar-refractivity contribution < 1.29 is 14.2 Å². The summed E-state index contributed by atoms with van der Waals surface area (Å²) < 4.78 is 17.7. The smallest absolute Gasteiger partial charge is 0.187 e. The van der Waals surface area contributed by atoms with E-state index >= 15 is 0 Å². The fourth-order valence-corrected chi connectivity index (χ4v) is 2.76. The van der Waals surface area contributed by atoms with E-state index in [1.807, 2.05) is 13.8 Å². The lowest BCUT2D eigenvalue weighted by atomic mass is 9.78. The van der Waals surface area contributed by atoms with Gasteiger partial charge in [-0.2, -0.15) is 0 Å². The van der Waals surface area contributed by atoms with Crippen LogP contribution in [0.15, 0.2) is 0 Å². The SMILES string of the molecule is CCC(C)(C)[C@H]1O[C@@H]2OC(C)(C)O[C@@H]2[C@@H]1C. The van der Waals surface area contributed by atoms with Crippen molar-refractivity contribution in [3.63, 3.8) is 0 Å². The van der Waals surface area contributed by atoms with E-state index in [0.717, 1.165) is 6.42 Å². The minimum Gasteiger partial charge on any atom is -0.346 e. The molecule has 4 atom stereocenters. The molecule has 2 aliphatic heterocycles. The quantitative estimate of drug-likeness (QED) is 0.727. The van der Waals surface area contributed by atoms with E-state index < -0.39 is 5.79 Å². The van der Waals surface area contributed by atoms with Gasteiger partial charge in [0.2, 0.25) is 0 Å². The third-order valence-corrected chi connectivity index (χ3v) is 4.05.